The second-order valence-corrected chi connectivity index (χ2v) is 2.25. The lowest BCUT2D eigenvalue weighted by Crippen LogP contribution is -1.76. The molecule has 0 N–H and O–H groups in total. The quantitative estimate of drug-likeness (QED) is 0.565. The third-order valence-electron chi connectivity index (χ3n) is 1.38. The van der Waals surface area contributed by atoms with E-state index >= 15 is 0 Å². The van der Waals surface area contributed by atoms with Crippen LogP contribution in [0.1, 0.15) is 27.6 Å². The smallest absolute Gasteiger partial charge is 0.0587 e. The molecular weight excluding hydrogens is 144 g/mol. The van der Waals surface area contributed by atoms with E-state index in [2.05, 4.69) is 0 Å². The van der Waals surface area contributed by atoms with E-state index in [-0.39, 0.29) is 0 Å². The van der Waals surface area contributed by atoms with Gasteiger partial charge in [-0.3, -0.25) is 0 Å². The van der Waals surface area contributed by atoms with Crippen molar-refractivity contribution in [2.45, 2.75) is 13.7 Å². The van der Waals surface area contributed by atoms with E-state index in [4.69, 9.17) is 16.4 Å². The number of fused-ring (bicyclic) bond motifs is 1. The fourth-order valence-electron chi connectivity index (χ4n) is 0.875. The number of hydrogen-bond donors (Lipinski definition) is 0. The van der Waals surface area contributed by atoms with Crippen LogP contribution in [-0.4, -0.2) is 0 Å². The Hall–Kier alpha value is -1.30. The van der Waals surface area contributed by atoms with Crippen molar-refractivity contribution in [1.82, 2.24) is 0 Å². The molecule has 0 saturated carbocycles. The van der Waals surface area contributed by atoms with Crippen LogP contribution in [0.3, 0.4) is 0 Å². The van der Waals surface area contributed by atoms with Crippen molar-refractivity contribution in [1.29, 1.82) is 0 Å². The van der Waals surface area contributed by atoms with Crippen LogP contribution in [0.25, 0.3) is 10.8 Å². The maximum Gasteiger partial charge on any atom is 0.0632 e. The molecule has 0 nitrogen and oxygen atoms in total. The van der Waals surface area contributed by atoms with Gasteiger partial charge in [-0.25, -0.2) is 0 Å². The summed E-state index contributed by atoms with van der Waals surface area (Å²) in [6.45, 7) is -5.78. The molecule has 0 radical (unpaired) electrons. The highest BCUT2D eigenvalue weighted by molar-refractivity contribution is 5.83. The van der Waals surface area contributed by atoms with Crippen LogP contribution in [0.5, 0.6) is 0 Å². The molecular formula is C12H12. The zero-order valence-corrected chi connectivity index (χ0v) is 6.00. The summed E-state index contributed by atoms with van der Waals surface area (Å²) in [5.41, 5.74) is -1.51. The highest BCUT2D eigenvalue weighted by atomic mass is 14.0. The van der Waals surface area contributed by atoms with Gasteiger partial charge in [-0.1, -0.05) is 47.4 Å². The van der Waals surface area contributed by atoms with Gasteiger partial charge >= 0.3 is 0 Å². The fraction of sp³-hybridized carbons (Fsp3) is 0.167. The summed E-state index contributed by atoms with van der Waals surface area (Å²) >= 11 is 0. The summed E-state index contributed by atoms with van der Waals surface area (Å²) in [7, 11) is 0. The first-order chi connectivity index (χ1) is 10.7. The zero-order chi connectivity index (χ0) is 18.8. The van der Waals surface area contributed by atoms with Gasteiger partial charge in [-0.05, 0) is 24.5 Å². The Labute approximate surface area is 89.7 Å². The molecule has 2 aromatic carbocycles. The zero-order valence-electron chi connectivity index (χ0n) is 18.0. The minimum Gasteiger partial charge on any atom is -0.0587 e. The third-order valence-corrected chi connectivity index (χ3v) is 1.38. The van der Waals surface area contributed by atoms with Gasteiger partial charge in [-0.15, -0.1) is 0 Å². The average Bonchev–Trinajstić information content (AvgIpc) is 2.37. The van der Waals surface area contributed by atoms with Crippen molar-refractivity contribution < 1.29 is 16.4 Å². The first-order valence-electron chi connectivity index (χ1n) is 9.25. The lowest BCUT2D eigenvalue weighted by molar-refractivity contribution is 1.47. The van der Waals surface area contributed by atoms with E-state index < -0.39 is 71.9 Å². The fourth-order valence-corrected chi connectivity index (χ4v) is 0.875. The Kier molecular flexibility index (Phi) is 0.393. The Morgan fingerprint density at radius 2 is 1.42 bits per heavy atom. The standard InChI is InChI=1S/C12H12/c1-9-3-5-12-8-10(2)4-6-11(12)7-9/h3-8H,1-2H3/i1D3,2D3,3D,4D,5D,6D,7D,8D. The van der Waals surface area contributed by atoms with E-state index in [1.54, 1.807) is 0 Å². The molecule has 0 aliphatic heterocycles. The Balaban J connectivity index is 3.20. The van der Waals surface area contributed by atoms with E-state index in [9.17, 15) is 0 Å². The summed E-state index contributed by atoms with van der Waals surface area (Å²) < 4.78 is 92.0. The van der Waals surface area contributed by atoms with Crippen LogP contribution < -0.4 is 0 Å². The van der Waals surface area contributed by atoms with Gasteiger partial charge in [0.1, 0.15) is 0 Å². The van der Waals surface area contributed by atoms with Crippen molar-refractivity contribution >= 4 is 10.8 Å². The van der Waals surface area contributed by atoms with Crippen molar-refractivity contribution in [2.75, 3.05) is 0 Å². The Morgan fingerprint density at radius 1 is 0.917 bits per heavy atom. The summed E-state index contributed by atoms with van der Waals surface area (Å²) in [4.78, 5) is 0. The molecule has 0 unspecified atom stereocenters. The van der Waals surface area contributed by atoms with Crippen LogP contribution in [0.2, 0.25) is 0 Å². The van der Waals surface area contributed by atoms with Gasteiger partial charge in [0.25, 0.3) is 0 Å². The highest BCUT2D eigenvalue weighted by Crippen LogP contribution is 2.16. The van der Waals surface area contributed by atoms with Crippen LogP contribution in [0.4, 0.5) is 0 Å². The van der Waals surface area contributed by atoms with Crippen molar-refractivity contribution in [3.8, 4) is 0 Å². The monoisotopic (exact) mass is 168 g/mol. The molecule has 2 rings (SSSR count). The van der Waals surface area contributed by atoms with E-state index in [1.165, 1.54) is 0 Å². The maximum absolute atomic E-state index is 8.00. The van der Waals surface area contributed by atoms with Gasteiger partial charge < -0.3 is 0 Å². The van der Waals surface area contributed by atoms with E-state index in [0.29, 0.717) is 0 Å². The second-order valence-electron chi connectivity index (χ2n) is 2.25. The molecule has 0 atom stereocenters. The van der Waals surface area contributed by atoms with Crippen molar-refractivity contribution in [2.24, 2.45) is 0 Å². The van der Waals surface area contributed by atoms with Gasteiger partial charge in [0.15, 0.2) is 0 Å². The average molecular weight is 168 g/mol. The Morgan fingerprint density at radius 3 is 1.83 bits per heavy atom. The highest BCUT2D eigenvalue weighted by Gasteiger charge is 1.92. The normalized spacial score (nSPS) is 27.0. The summed E-state index contributed by atoms with van der Waals surface area (Å²) in [5, 5.41) is -0.935. The molecule has 0 fully saturated rings. The summed E-state index contributed by atoms with van der Waals surface area (Å²) in [6.07, 6.45) is 0. The summed E-state index contributed by atoms with van der Waals surface area (Å²) in [6, 6.07) is -4.61. The number of benzene rings is 2. The van der Waals surface area contributed by atoms with Gasteiger partial charge in [0, 0.05) is 8.22 Å². The molecule has 0 aliphatic rings. The molecule has 60 valence electrons. The lowest BCUT2D eigenvalue weighted by Gasteiger charge is -1.99. The predicted molar refractivity (Wildman–Crippen MR) is 53.4 cm³/mol. The molecule has 0 bridgehead atoms. The summed E-state index contributed by atoms with van der Waals surface area (Å²) in [5.74, 6) is 0. The van der Waals surface area contributed by atoms with Crippen LogP contribution in [0.15, 0.2) is 36.3 Å². The van der Waals surface area contributed by atoms with Crippen LogP contribution in [0, 0.1) is 13.7 Å². The predicted octanol–water partition coefficient (Wildman–Crippen LogP) is 3.46. The molecule has 2 aromatic rings. The molecule has 0 saturated heterocycles. The van der Waals surface area contributed by atoms with E-state index in [1.807, 2.05) is 0 Å². The molecule has 0 amide bonds. The molecule has 0 aromatic heterocycles. The lowest BCUT2D eigenvalue weighted by atomic mass is 10.1. The largest absolute Gasteiger partial charge is 0.0632 e. The molecule has 0 spiro atoms. The molecule has 0 aliphatic carbocycles. The topological polar surface area (TPSA) is 0 Å². The van der Waals surface area contributed by atoms with Crippen LogP contribution >= 0.6 is 0 Å². The van der Waals surface area contributed by atoms with Crippen LogP contribution in [-0.2, 0) is 0 Å². The second kappa shape index (κ2) is 2.63. The maximum atomic E-state index is 8.00. The first kappa shape index (κ1) is 1.79. The third kappa shape index (κ3) is 1.20. The molecule has 12 heavy (non-hydrogen) atoms. The molecule has 0 heteroatoms. The number of hydrogen-bond acceptors (Lipinski definition) is 0. The first-order valence-corrected chi connectivity index (χ1v) is 3.25. The van der Waals surface area contributed by atoms with Crippen molar-refractivity contribution in [3.05, 3.63) is 47.4 Å². The van der Waals surface area contributed by atoms with Gasteiger partial charge in [0.2, 0.25) is 0 Å². The minimum atomic E-state index is -2.89. The Bertz CT molecular complexity index is 771. The van der Waals surface area contributed by atoms with Crippen molar-refractivity contribution in [3.63, 3.8) is 0 Å². The molecule has 0 heterocycles. The van der Waals surface area contributed by atoms with E-state index in [0.717, 1.165) is 0 Å². The SMILES string of the molecule is [2H]c1c(C([2H])([2H])[2H])c([2H])c2c([2H])c([2H])c(C([2H])([2H])[2H])c([2H])c2c1[2H]. The minimum absolute atomic E-state index is 0.467. The van der Waals surface area contributed by atoms with Gasteiger partial charge in [0.05, 0.1) is 8.22 Å². The number of rotatable bonds is 0. The van der Waals surface area contributed by atoms with Gasteiger partial charge in [-0.2, -0.15) is 0 Å².